The molecule has 13 heavy (non-hydrogen) atoms. The lowest BCUT2D eigenvalue weighted by Gasteiger charge is -2.20. The number of rotatable bonds is 2. The molecular formula is C10H18N2O. The Morgan fingerprint density at radius 3 is 2.69 bits per heavy atom. The smallest absolute Gasteiger partial charge is 0.224 e. The Morgan fingerprint density at radius 2 is 2.23 bits per heavy atom. The van der Waals surface area contributed by atoms with Crippen molar-refractivity contribution in [2.24, 2.45) is 5.92 Å². The van der Waals surface area contributed by atoms with E-state index in [1.807, 2.05) is 13.8 Å². The molecule has 74 valence electrons. The minimum Gasteiger partial charge on any atom is -0.354 e. The average Bonchev–Trinajstić information content (AvgIpc) is 2.62. The Morgan fingerprint density at radius 1 is 1.46 bits per heavy atom. The lowest BCUT2D eigenvalue weighted by atomic mass is 9.88. The largest absolute Gasteiger partial charge is 0.354 e. The summed E-state index contributed by atoms with van der Waals surface area (Å²) in [6.07, 6.45) is 3.49. The van der Waals surface area contributed by atoms with E-state index in [0.717, 1.165) is 6.42 Å². The summed E-state index contributed by atoms with van der Waals surface area (Å²) in [5.74, 6) is 0.482. The van der Waals surface area contributed by atoms with Gasteiger partial charge in [0.25, 0.3) is 0 Å². The molecule has 0 aliphatic carbocycles. The summed E-state index contributed by atoms with van der Waals surface area (Å²) < 4.78 is 0. The van der Waals surface area contributed by atoms with Crippen LogP contribution in [-0.2, 0) is 4.79 Å². The maximum absolute atomic E-state index is 11.7. The molecule has 2 fully saturated rings. The summed E-state index contributed by atoms with van der Waals surface area (Å²) in [4.78, 5) is 11.7. The quantitative estimate of drug-likeness (QED) is 0.658. The zero-order valence-corrected chi connectivity index (χ0v) is 8.34. The molecule has 2 aliphatic heterocycles. The Bertz CT molecular complexity index is 215. The van der Waals surface area contributed by atoms with Gasteiger partial charge in [-0.3, -0.25) is 4.79 Å². The van der Waals surface area contributed by atoms with Crippen molar-refractivity contribution in [1.29, 1.82) is 0 Å². The molecule has 2 aliphatic rings. The maximum atomic E-state index is 11.7. The second kappa shape index (κ2) is 3.29. The van der Waals surface area contributed by atoms with Gasteiger partial charge in [0.15, 0.2) is 0 Å². The van der Waals surface area contributed by atoms with Crippen molar-refractivity contribution in [2.75, 3.05) is 0 Å². The highest BCUT2D eigenvalue weighted by atomic mass is 16.2. The third-order valence-electron chi connectivity index (χ3n) is 3.07. The van der Waals surface area contributed by atoms with Gasteiger partial charge in [-0.2, -0.15) is 0 Å². The van der Waals surface area contributed by atoms with Gasteiger partial charge in [0, 0.05) is 18.1 Å². The summed E-state index contributed by atoms with van der Waals surface area (Å²) in [7, 11) is 0. The van der Waals surface area contributed by atoms with Crippen molar-refractivity contribution in [1.82, 2.24) is 10.6 Å². The Kier molecular flexibility index (Phi) is 2.28. The van der Waals surface area contributed by atoms with Crippen LogP contribution in [0.5, 0.6) is 0 Å². The average molecular weight is 182 g/mol. The maximum Gasteiger partial charge on any atom is 0.224 e. The molecule has 3 nitrogen and oxygen atoms in total. The summed E-state index contributed by atoms with van der Waals surface area (Å²) in [6, 6.07) is 1.35. The van der Waals surface area contributed by atoms with Crippen LogP contribution < -0.4 is 10.6 Å². The minimum atomic E-state index is 0.237. The van der Waals surface area contributed by atoms with Crippen molar-refractivity contribution in [3.8, 4) is 0 Å². The number of fused-ring (bicyclic) bond motifs is 2. The molecule has 2 saturated heterocycles. The molecule has 2 heterocycles. The molecule has 0 saturated carbocycles. The lowest BCUT2D eigenvalue weighted by molar-refractivity contribution is -0.126. The van der Waals surface area contributed by atoms with Crippen LogP contribution in [0, 0.1) is 5.92 Å². The molecule has 2 rings (SSSR count). The molecular weight excluding hydrogens is 164 g/mol. The van der Waals surface area contributed by atoms with Gasteiger partial charge < -0.3 is 10.6 Å². The Labute approximate surface area is 79.3 Å². The summed E-state index contributed by atoms with van der Waals surface area (Å²) in [5.41, 5.74) is 0. The van der Waals surface area contributed by atoms with Crippen LogP contribution in [0.25, 0.3) is 0 Å². The number of carbonyl (C=O) groups excluding carboxylic acids is 1. The van der Waals surface area contributed by atoms with E-state index in [9.17, 15) is 4.79 Å². The molecule has 3 heteroatoms. The van der Waals surface area contributed by atoms with Crippen molar-refractivity contribution >= 4 is 5.91 Å². The Balaban J connectivity index is 1.91. The van der Waals surface area contributed by atoms with E-state index >= 15 is 0 Å². The predicted octanol–water partition coefficient (Wildman–Crippen LogP) is 0.651. The van der Waals surface area contributed by atoms with Gasteiger partial charge in [-0.05, 0) is 33.1 Å². The van der Waals surface area contributed by atoms with E-state index in [-0.39, 0.29) is 17.9 Å². The predicted molar refractivity (Wildman–Crippen MR) is 51.3 cm³/mol. The molecule has 0 radical (unpaired) electrons. The molecule has 2 N–H and O–H groups in total. The first-order valence-corrected chi connectivity index (χ1v) is 5.23. The van der Waals surface area contributed by atoms with Crippen LogP contribution in [-0.4, -0.2) is 24.0 Å². The van der Waals surface area contributed by atoms with Crippen LogP contribution in [0.2, 0.25) is 0 Å². The highest BCUT2D eigenvalue weighted by molar-refractivity contribution is 5.80. The SMILES string of the molecule is CC(C)NC(=O)[C@@H]1C[C@@H]2CC[C@H]1N2. The van der Waals surface area contributed by atoms with Gasteiger partial charge in [0.1, 0.15) is 0 Å². The molecule has 0 aromatic heterocycles. The van der Waals surface area contributed by atoms with Gasteiger partial charge in [0.2, 0.25) is 5.91 Å². The minimum absolute atomic E-state index is 0.237. The van der Waals surface area contributed by atoms with E-state index in [0.29, 0.717) is 12.1 Å². The second-order valence-corrected chi connectivity index (χ2v) is 4.55. The van der Waals surface area contributed by atoms with Gasteiger partial charge in [0.05, 0.1) is 5.92 Å². The molecule has 0 aromatic carbocycles. The molecule has 0 spiro atoms. The zero-order chi connectivity index (χ0) is 9.42. The van der Waals surface area contributed by atoms with Crippen molar-refractivity contribution in [2.45, 2.75) is 51.2 Å². The monoisotopic (exact) mass is 182 g/mol. The van der Waals surface area contributed by atoms with Gasteiger partial charge in [-0.1, -0.05) is 0 Å². The summed E-state index contributed by atoms with van der Waals surface area (Å²) in [6.45, 7) is 4.02. The molecule has 2 bridgehead atoms. The van der Waals surface area contributed by atoms with E-state index in [1.54, 1.807) is 0 Å². The molecule has 3 atom stereocenters. The van der Waals surface area contributed by atoms with Crippen LogP contribution in [0.3, 0.4) is 0 Å². The second-order valence-electron chi connectivity index (χ2n) is 4.55. The van der Waals surface area contributed by atoms with Crippen LogP contribution in [0.1, 0.15) is 33.1 Å². The van der Waals surface area contributed by atoms with Crippen LogP contribution in [0.15, 0.2) is 0 Å². The van der Waals surface area contributed by atoms with Gasteiger partial charge in [-0.25, -0.2) is 0 Å². The first kappa shape index (κ1) is 9.00. The van der Waals surface area contributed by atoms with E-state index in [1.165, 1.54) is 12.8 Å². The number of hydrogen-bond acceptors (Lipinski definition) is 2. The molecule has 1 amide bonds. The van der Waals surface area contributed by atoms with E-state index in [2.05, 4.69) is 10.6 Å². The highest BCUT2D eigenvalue weighted by Crippen LogP contribution is 2.33. The third-order valence-corrected chi connectivity index (χ3v) is 3.07. The third kappa shape index (κ3) is 1.70. The standard InChI is InChI=1S/C10H18N2O/c1-6(2)11-10(13)8-5-7-3-4-9(8)12-7/h6-9,12H,3-5H2,1-2H3,(H,11,13)/t7-,8+,9+/m0/s1. The fraction of sp³-hybridized carbons (Fsp3) is 0.900. The van der Waals surface area contributed by atoms with Crippen molar-refractivity contribution in [3.63, 3.8) is 0 Å². The van der Waals surface area contributed by atoms with E-state index < -0.39 is 0 Å². The Hall–Kier alpha value is -0.570. The van der Waals surface area contributed by atoms with Crippen LogP contribution in [0.4, 0.5) is 0 Å². The number of nitrogens with one attached hydrogen (secondary N) is 2. The number of carbonyl (C=O) groups is 1. The number of amides is 1. The van der Waals surface area contributed by atoms with Gasteiger partial charge in [-0.15, -0.1) is 0 Å². The lowest BCUT2D eigenvalue weighted by Crippen LogP contribution is -2.40. The fourth-order valence-electron chi connectivity index (χ4n) is 2.51. The van der Waals surface area contributed by atoms with E-state index in [4.69, 9.17) is 0 Å². The molecule has 0 aromatic rings. The van der Waals surface area contributed by atoms with Gasteiger partial charge >= 0.3 is 0 Å². The molecule has 0 unspecified atom stereocenters. The summed E-state index contributed by atoms with van der Waals surface area (Å²) in [5, 5.41) is 6.46. The normalized spacial score (nSPS) is 37.0. The fourth-order valence-corrected chi connectivity index (χ4v) is 2.51. The first-order valence-electron chi connectivity index (χ1n) is 5.23. The summed E-state index contributed by atoms with van der Waals surface area (Å²) >= 11 is 0. The van der Waals surface area contributed by atoms with Crippen LogP contribution >= 0.6 is 0 Å². The topological polar surface area (TPSA) is 41.1 Å². The number of hydrogen-bond donors (Lipinski definition) is 2. The highest BCUT2D eigenvalue weighted by Gasteiger charge is 2.42. The zero-order valence-electron chi connectivity index (χ0n) is 8.34. The first-order chi connectivity index (χ1) is 6.16. The van der Waals surface area contributed by atoms with Crippen molar-refractivity contribution in [3.05, 3.63) is 0 Å². The van der Waals surface area contributed by atoms with Crippen molar-refractivity contribution < 1.29 is 4.79 Å².